The van der Waals surface area contributed by atoms with Gasteiger partial charge in [0.2, 0.25) is 0 Å². The number of rotatable bonds is 3. The van der Waals surface area contributed by atoms with Crippen molar-refractivity contribution < 1.29 is 18.5 Å². The maximum absolute atomic E-state index is 9.95. The van der Waals surface area contributed by atoms with Gasteiger partial charge >= 0.3 is 0 Å². The topological polar surface area (TPSA) is 58.6 Å². The Morgan fingerprint density at radius 2 is 1.46 bits per heavy atom. The predicted molar refractivity (Wildman–Crippen MR) is 56.9 cm³/mol. The molecule has 0 atom stereocenters. The summed E-state index contributed by atoms with van der Waals surface area (Å²) in [7, 11) is -2.22. The van der Waals surface area contributed by atoms with Crippen LogP contribution >= 0.6 is 15.1 Å². The van der Waals surface area contributed by atoms with E-state index < -0.39 is 15.1 Å². The minimum absolute atomic E-state index is 0.397. The van der Waals surface area contributed by atoms with Gasteiger partial charge < -0.3 is 13.9 Å². The van der Waals surface area contributed by atoms with Crippen molar-refractivity contribution in [3.8, 4) is 0 Å². The van der Waals surface area contributed by atoms with Crippen LogP contribution in [-0.4, -0.2) is 40.4 Å². The number of hydrogen-bond acceptors (Lipinski definition) is 4. The molecule has 0 aliphatic heterocycles. The Hall–Kier alpha value is 0.540. The molecule has 13 heavy (non-hydrogen) atoms. The van der Waals surface area contributed by atoms with E-state index in [0.717, 1.165) is 14.2 Å². The molecular formula is C7H20O4P2. The zero-order valence-corrected chi connectivity index (χ0v) is 11.0. The highest BCUT2D eigenvalue weighted by Crippen LogP contribution is 2.45. The van der Waals surface area contributed by atoms with E-state index in [9.17, 15) is 9.46 Å². The molecule has 0 radical (unpaired) electrons. The van der Waals surface area contributed by atoms with Crippen LogP contribution in [0.1, 0.15) is 6.92 Å². The van der Waals surface area contributed by atoms with Crippen LogP contribution in [0.5, 0.6) is 0 Å². The lowest BCUT2D eigenvalue weighted by molar-refractivity contribution is -0.220. The van der Waals surface area contributed by atoms with Crippen molar-refractivity contribution in [1.82, 2.24) is 0 Å². The van der Waals surface area contributed by atoms with Gasteiger partial charge in [-0.05, 0) is 6.92 Å². The van der Waals surface area contributed by atoms with Crippen molar-refractivity contribution in [2.24, 2.45) is 0 Å². The van der Waals surface area contributed by atoms with Crippen molar-refractivity contribution in [3.05, 3.63) is 0 Å². The maximum Gasteiger partial charge on any atom is 0.267 e. The van der Waals surface area contributed by atoms with Crippen LogP contribution in [0, 0.1) is 0 Å². The summed E-state index contributed by atoms with van der Waals surface area (Å²) in [6, 6.07) is 0. The summed E-state index contributed by atoms with van der Waals surface area (Å²) >= 11 is 0. The normalized spacial score (nSPS) is 11.9. The number of hydrogen-bond donors (Lipinski definition) is 0. The van der Waals surface area contributed by atoms with Crippen LogP contribution in [0.4, 0.5) is 0 Å². The average Bonchev–Trinajstić information content (AvgIpc) is 2.04. The van der Waals surface area contributed by atoms with E-state index in [4.69, 9.17) is 0 Å². The molecule has 0 fully saturated rings. The molecule has 0 aromatic rings. The summed E-state index contributed by atoms with van der Waals surface area (Å²) in [6.45, 7) is 9.32. The fourth-order valence-corrected chi connectivity index (χ4v) is 0.224. The van der Waals surface area contributed by atoms with Gasteiger partial charge in [0.1, 0.15) is 0 Å². The molecule has 0 unspecified atom stereocenters. The number of phosphoric ester groups is 1. The Balaban J connectivity index is 0. The largest absolute Gasteiger partial charge is 0.756 e. The van der Waals surface area contributed by atoms with Gasteiger partial charge in [-0.15, -0.1) is 0 Å². The zero-order valence-electron chi connectivity index (χ0n) is 9.23. The van der Waals surface area contributed by atoms with Crippen LogP contribution in [0.15, 0.2) is 0 Å². The summed E-state index contributed by atoms with van der Waals surface area (Å²) in [5.74, 6) is 0. The molecule has 0 N–H and O–H groups in total. The van der Waals surface area contributed by atoms with Crippen LogP contribution in [-0.2, 0) is 13.6 Å². The molecule has 0 amide bonds. The molecule has 0 saturated carbocycles. The first kappa shape index (κ1) is 16.0. The minimum Gasteiger partial charge on any atom is -0.756 e. The van der Waals surface area contributed by atoms with E-state index in [1.54, 1.807) is 0 Å². The van der Waals surface area contributed by atoms with Crippen LogP contribution in [0.25, 0.3) is 0 Å². The van der Waals surface area contributed by atoms with Crippen molar-refractivity contribution in [3.63, 3.8) is 0 Å². The predicted octanol–water partition coefficient (Wildman–Crippen LogP) is 1.66. The van der Waals surface area contributed by atoms with Gasteiger partial charge in [-0.1, -0.05) is 0 Å². The Morgan fingerprint density at radius 3 is 1.46 bits per heavy atom. The second-order valence-electron chi connectivity index (χ2n) is 3.42. The van der Waals surface area contributed by atoms with Gasteiger partial charge in [0.05, 0.1) is 6.16 Å². The second kappa shape index (κ2) is 6.92. The molecule has 6 heteroatoms. The smallest absolute Gasteiger partial charge is 0.267 e. The molecule has 4 nitrogen and oxygen atoms in total. The fourth-order valence-electron chi connectivity index (χ4n) is 0.0745. The lowest BCUT2D eigenvalue weighted by Crippen LogP contribution is -2.02. The second-order valence-corrected chi connectivity index (χ2v) is 10.3. The third-order valence-electron chi connectivity index (χ3n) is 1.40. The standard InChI is InChI=1S/C5H14P.C2H7O4P/c1-5-6(2,3)4;1-5-7(3,4)6-2/h5H2,1-4H3;1-2H3,(H,3,4)/q+1;/p-1. The molecular weight excluding hydrogens is 210 g/mol. The molecule has 0 heterocycles. The van der Waals surface area contributed by atoms with Gasteiger partial charge in [-0.3, -0.25) is 4.57 Å². The third kappa shape index (κ3) is 15.3. The molecule has 0 aromatic carbocycles. The Morgan fingerprint density at radius 1 is 1.23 bits per heavy atom. The monoisotopic (exact) mass is 230 g/mol. The highest BCUT2D eigenvalue weighted by molar-refractivity contribution is 7.73. The zero-order chi connectivity index (χ0) is 11.1. The summed E-state index contributed by atoms with van der Waals surface area (Å²) < 4.78 is 17.7. The Bertz CT molecular complexity index is 156. The van der Waals surface area contributed by atoms with E-state index in [1.807, 2.05) is 0 Å². The number of phosphoric acid groups is 1. The highest BCUT2D eigenvalue weighted by Gasteiger charge is 2.10. The molecule has 82 valence electrons. The molecule has 0 bridgehead atoms. The summed E-state index contributed by atoms with van der Waals surface area (Å²) in [6.07, 6.45) is 1.38. The van der Waals surface area contributed by atoms with E-state index in [-0.39, 0.29) is 0 Å². The first-order valence-corrected chi connectivity index (χ1v) is 8.69. The Kier molecular flexibility index (Phi) is 8.50. The third-order valence-corrected chi connectivity index (χ3v) is 4.19. The highest BCUT2D eigenvalue weighted by atomic mass is 31.2. The lowest BCUT2D eigenvalue weighted by atomic mass is 11.0. The molecule has 0 aromatic heterocycles. The molecule has 0 aliphatic carbocycles. The van der Waals surface area contributed by atoms with Crippen molar-refractivity contribution in [2.45, 2.75) is 6.92 Å². The van der Waals surface area contributed by atoms with Crippen molar-refractivity contribution in [2.75, 3.05) is 40.4 Å². The van der Waals surface area contributed by atoms with E-state index in [2.05, 4.69) is 36.0 Å². The minimum atomic E-state index is -3.90. The first-order chi connectivity index (χ1) is 5.68. The summed E-state index contributed by atoms with van der Waals surface area (Å²) in [4.78, 5) is 9.95. The van der Waals surface area contributed by atoms with Crippen molar-refractivity contribution >= 4 is 15.1 Å². The van der Waals surface area contributed by atoms with Gasteiger partial charge in [-0.25, -0.2) is 0 Å². The first-order valence-electron chi connectivity index (χ1n) is 3.91. The SMILES string of the molecule is CC[P+](C)(C)C.COP(=O)([O-])OC. The molecule has 0 saturated heterocycles. The average molecular weight is 230 g/mol. The van der Waals surface area contributed by atoms with E-state index >= 15 is 0 Å². The summed E-state index contributed by atoms with van der Waals surface area (Å²) in [5.41, 5.74) is 0. The Labute approximate surface area is 81.6 Å². The van der Waals surface area contributed by atoms with E-state index in [0.29, 0.717) is 0 Å². The van der Waals surface area contributed by atoms with Gasteiger partial charge in [0.25, 0.3) is 7.82 Å². The van der Waals surface area contributed by atoms with Gasteiger partial charge in [0, 0.05) is 41.5 Å². The van der Waals surface area contributed by atoms with Gasteiger partial charge in [-0.2, -0.15) is 0 Å². The van der Waals surface area contributed by atoms with Crippen molar-refractivity contribution in [1.29, 1.82) is 0 Å². The summed E-state index contributed by atoms with van der Waals surface area (Å²) in [5, 5.41) is 0. The molecule has 0 rings (SSSR count). The fraction of sp³-hybridized carbons (Fsp3) is 1.00. The molecule has 0 aliphatic rings. The van der Waals surface area contributed by atoms with E-state index in [1.165, 1.54) is 6.16 Å². The quantitative estimate of drug-likeness (QED) is 0.692. The van der Waals surface area contributed by atoms with Crippen LogP contribution in [0.2, 0.25) is 0 Å². The van der Waals surface area contributed by atoms with Crippen LogP contribution in [0.3, 0.4) is 0 Å². The van der Waals surface area contributed by atoms with Crippen LogP contribution < -0.4 is 4.89 Å². The maximum atomic E-state index is 9.95. The molecule has 0 spiro atoms. The lowest BCUT2D eigenvalue weighted by Gasteiger charge is -2.16. The van der Waals surface area contributed by atoms with Gasteiger partial charge in [0.15, 0.2) is 0 Å².